The molecule has 0 bridgehead atoms. The lowest BCUT2D eigenvalue weighted by atomic mass is 9.97. The van der Waals surface area contributed by atoms with E-state index in [1.807, 2.05) is 13.2 Å². The van der Waals surface area contributed by atoms with Gasteiger partial charge in [0, 0.05) is 32.0 Å². The predicted octanol–water partition coefficient (Wildman–Crippen LogP) is 2.78. The number of H-pyrrole nitrogens is 1. The van der Waals surface area contributed by atoms with E-state index in [-0.39, 0.29) is 12.6 Å². The molecule has 9 nitrogen and oxygen atoms in total. The van der Waals surface area contributed by atoms with Crippen LogP contribution in [0.15, 0.2) is 18.7 Å². The van der Waals surface area contributed by atoms with E-state index in [2.05, 4.69) is 51.3 Å². The zero-order chi connectivity index (χ0) is 21.3. The van der Waals surface area contributed by atoms with Crippen LogP contribution in [-0.4, -0.2) is 68.8 Å². The minimum atomic E-state index is -1.08. The number of aromatic amines is 1. The van der Waals surface area contributed by atoms with Crippen molar-refractivity contribution in [2.45, 2.75) is 39.4 Å². The van der Waals surface area contributed by atoms with Crippen molar-refractivity contribution in [3.8, 4) is 11.3 Å². The van der Waals surface area contributed by atoms with Gasteiger partial charge < -0.3 is 15.0 Å². The maximum atomic E-state index is 14.2. The predicted molar refractivity (Wildman–Crippen MR) is 113 cm³/mol. The first-order valence-electron chi connectivity index (χ1n) is 10.4. The summed E-state index contributed by atoms with van der Waals surface area (Å²) in [6.07, 6.45) is 4.68. The van der Waals surface area contributed by atoms with Gasteiger partial charge >= 0.3 is 0 Å². The second-order valence-corrected chi connectivity index (χ2v) is 8.36. The first-order valence-corrected chi connectivity index (χ1v) is 10.4. The molecule has 162 valence electrons. The van der Waals surface area contributed by atoms with Crippen LogP contribution in [0, 0.1) is 11.8 Å². The van der Waals surface area contributed by atoms with Crippen LogP contribution in [0.25, 0.3) is 16.9 Å². The molecule has 0 spiro atoms. The molecule has 0 saturated carbocycles. The molecule has 3 aromatic rings. The number of anilines is 2. The Hall–Kier alpha value is -2.75. The third-order valence-electron chi connectivity index (χ3n) is 5.82. The number of ether oxygens (including phenoxy) is 1. The number of fused-ring (bicyclic) bond motifs is 1. The smallest absolute Gasteiger partial charge is 0.243 e. The third kappa shape index (κ3) is 4.09. The van der Waals surface area contributed by atoms with Crippen molar-refractivity contribution in [3.05, 3.63) is 18.7 Å². The highest BCUT2D eigenvalue weighted by Crippen LogP contribution is 2.32. The Morgan fingerprint density at radius 1 is 1.40 bits per heavy atom. The normalized spacial score (nSPS) is 20.6. The van der Waals surface area contributed by atoms with Gasteiger partial charge in [-0.2, -0.15) is 14.6 Å². The Bertz CT molecular complexity index is 973. The number of nitrogens with zero attached hydrogens (tertiary/aromatic N) is 6. The highest BCUT2D eigenvalue weighted by molar-refractivity contribution is 5.84. The first kappa shape index (κ1) is 20.5. The lowest BCUT2D eigenvalue weighted by molar-refractivity contribution is 0.0284. The minimum Gasteiger partial charge on any atom is -0.378 e. The van der Waals surface area contributed by atoms with Crippen LogP contribution in [-0.2, 0) is 4.74 Å². The molecular weight excluding hydrogens is 387 g/mol. The van der Waals surface area contributed by atoms with Gasteiger partial charge in [-0.05, 0) is 18.3 Å². The minimum absolute atomic E-state index is 0.0955. The number of alkyl halides is 1. The van der Waals surface area contributed by atoms with Crippen LogP contribution in [0.2, 0.25) is 0 Å². The van der Waals surface area contributed by atoms with Crippen LogP contribution >= 0.6 is 0 Å². The van der Waals surface area contributed by atoms with Gasteiger partial charge in [-0.1, -0.05) is 20.8 Å². The second kappa shape index (κ2) is 8.55. The SMILES string of the molecule is CC(C)[C@H](C)CN(C)c1c(-c2cn[nH]c2)ncn2nc(N[C@H]3CCOC[C@H]3F)nc12. The van der Waals surface area contributed by atoms with E-state index in [4.69, 9.17) is 9.72 Å². The summed E-state index contributed by atoms with van der Waals surface area (Å²) in [5.74, 6) is 1.41. The summed E-state index contributed by atoms with van der Waals surface area (Å²) in [6, 6.07) is -0.361. The number of aromatic nitrogens is 6. The van der Waals surface area contributed by atoms with Gasteiger partial charge in [-0.15, -0.1) is 5.10 Å². The van der Waals surface area contributed by atoms with Gasteiger partial charge in [-0.25, -0.2) is 9.37 Å². The van der Waals surface area contributed by atoms with Crippen molar-refractivity contribution in [1.29, 1.82) is 0 Å². The zero-order valence-corrected chi connectivity index (χ0v) is 17.8. The standard InChI is InChI=1S/C20H29FN8O/c1-12(2)13(3)9-28(4)18-17(14-7-23-24-8-14)22-11-29-19(18)26-20(27-29)25-16-5-6-30-10-15(16)21/h7-8,11-13,15-16H,5-6,9-10H2,1-4H3,(H,23,24)(H,25,27)/t13-,15-,16+/m1/s1. The number of halogens is 1. The van der Waals surface area contributed by atoms with Gasteiger partial charge in [0.25, 0.3) is 0 Å². The molecule has 0 unspecified atom stereocenters. The molecule has 30 heavy (non-hydrogen) atoms. The Kier molecular flexibility index (Phi) is 5.85. The summed E-state index contributed by atoms with van der Waals surface area (Å²) in [4.78, 5) is 11.5. The molecule has 1 aliphatic rings. The molecule has 1 aliphatic heterocycles. The summed E-state index contributed by atoms with van der Waals surface area (Å²) in [6.45, 7) is 8.13. The molecule has 1 fully saturated rings. The molecule has 10 heteroatoms. The number of rotatable bonds is 7. The van der Waals surface area contributed by atoms with Crippen LogP contribution in [0.3, 0.4) is 0 Å². The molecule has 3 atom stereocenters. The zero-order valence-electron chi connectivity index (χ0n) is 17.8. The third-order valence-corrected chi connectivity index (χ3v) is 5.82. The number of hydrogen-bond acceptors (Lipinski definition) is 7. The number of nitrogens with one attached hydrogen (secondary N) is 2. The molecule has 2 N–H and O–H groups in total. The van der Waals surface area contributed by atoms with E-state index in [0.717, 1.165) is 23.5 Å². The van der Waals surface area contributed by atoms with Gasteiger partial charge in [-0.3, -0.25) is 5.10 Å². The summed E-state index contributed by atoms with van der Waals surface area (Å²) in [5.41, 5.74) is 3.20. The largest absolute Gasteiger partial charge is 0.378 e. The Morgan fingerprint density at radius 3 is 2.93 bits per heavy atom. The fourth-order valence-electron chi connectivity index (χ4n) is 3.61. The van der Waals surface area contributed by atoms with Crippen molar-refractivity contribution < 1.29 is 9.13 Å². The lowest BCUT2D eigenvalue weighted by Gasteiger charge is -2.27. The molecule has 0 aromatic carbocycles. The van der Waals surface area contributed by atoms with Gasteiger partial charge in [0.1, 0.15) is 23.9 Å². The van der Waals surface area contributed by atoms with Gasteiger partial charge in [0.2, 0.25) is 5.95 Å². The van der Waals surface area contributed by atoms with Crippen LogP contribution in [0.4, 0.5) is 16.0 Å². The fraction of sp³-hybridized carbons (Fsp3) is 0.600. The van der Waals surface area contributed by atoms with E-state index < -0.39 is 6.17 Å². The summed E-state index contributed by atoms with van der Waals surface area (Å²) in [5, 5.41) is 14.5. The Balaban J connectivity index is 1.72. The Morgan fingerprint density at radius 2 is 2.23 bits per heavy atom. The monoisotopic (exact) mass is 416 g/mol. The van der Waals surface area contributed by atoms with Crippen molar-refractivity contribution in [3.63, 3.8) is 0 Å². The van der Waals surface area contributed by atoms with Crippen LogP contribution in [0.5, 0.6) is 0 Å². The first-order chi connectivity index (χ1) is 14.4. The summed E-state index contributed by atoms with van der Waals surface area (Å²) in [7, 11) is 2.04. The fourth-order valence-corrected chi connectivity index (χ4v) is 3.61. The molecule has 0 amide bonds. The maximum absolute atomic E-state index is 14.2. The van der Waals surface area contributed by atoms with Crippen molar-refractivity contribution in [2.75, 3.05) is 37.0 Å². The molecule has 4 heterocycles. The maximum Gasteiger partial charge on any atom is 0.243 e. The summed E-state index contributed by atoms with van der Waals surface area (Å²) < 4.78 is 21.0. The van der Waals surface area contributed by atoms with Crippen molar-refractivity contribution in [1.82, 2.24) is 29.8 Å². The van der Waals surface area contributed by atoms with E-state index in [9.17, 15) is 4.39 Å². The van der Waals surface area contributed by atoms with E-state index in [1.165, 1.54) is 0 Å². The highest BCUT2D eigenvalue weighted by Gasteiger charge is 2.27. The number of hydrogen-bond donors (Lipinski definition) is 2. The van der Waals surface area contributed by atoms with E-state index >= 15 is 0 Å². The Labute approximate surface area is 175 Å². The van der Waals surface area contributed by atoms with Crippen LogP contribution < -0.4 is 10.2 Å². The molecular formula is C20H29FN8O. The molecule has 4 rings (SSSR count). The van der Waals surface area contributed by atoms with Crippen molar-refractivity contribution >= 4 is 17.3 Å². The average Bonchev–Trinajstić information content (AvgIpc) is 3.38. The van der Waals surface area contributed by atoms with E-state index in [0.29, 0.717) is 36.5 Å². The second-order valence-electron chi connectivity index (χ2n) is 8.36. The molecule has 3 aromatic heterocycles. The lowest BCUT2D eigenvalue weighted by Crippen LogP contribution is -2.39. The molecule has 0 radical (unpaired) electrons. The van der Waals surface area contributed by atoms with Gasteiger partial charge in [0.15, 0.2) is 5.65 Å². The van der Waals surface area contributed by atoms with Gasteiger partial charge in [0.05, 0.1) is 18.8 Å². The van der Waals surface area contributed by atoms with E-state index in [1.54, 1.807) is 17.0 Å². The quantitative estimate of drug-likeness (QED) is 0.611. The average molecular weight is 417 g/mol. The highest BCUT2D eigenvalue weighted by atomic mass is 19.1. The van der Waals surface area contributed by atoms with Crippen LogP contribution in [0.1, 0.15) is 27.2 Å². The topological polar surface area (TPSA) is 96.3 Å². The molecule has 1 saturated heterocycles. The molecule has 0 aliphatic carbocycles. The van der Waals surface area contributed by atoms with Crippen molar-refractivity contribution in [2.24, 2.45) is 11.8 Å². The summed E-state index contributed by atoms with van der Waals surface area (Å²) >= 11 is 0.